The van der Waals surface area contributed by atoms with E-state index in [9.17, 15) is 4.79 Å². The van der Waals surface area contributed by atoms with Crippen LogP contribution in [0.25, 0.3) is 11.3 Å². The molecule has 2 rings (SSSR count). The molecule has 0 aliphatic carbocycles. The van der Waals surface area contributed by atoms with Gasteiger partial charge in [0.1, 0.15) is 0 Å². The van der Waals surface area contributed by atoms with E-state index in [-0.39, 0.29) is 11.7 Å². The van der Waals surface area contributed by atoms with Crippen LogP contribution >= 0.6 is 0 Å². The fourth-order valence-electron chi connectivity index (χ4n) is 1.95. The maximum Gasteiger partial charge on any atom is 0.337 e. The molecule has 2 N–H and O–H groups in total. The van der Waals surface area contributed by atoms with Crippen LogP contribution in [-0.4, -0.2) is 21.5 Å². The summed E-state index contributed by atoms with van der Waals surface area (Å²) >= 11 is 0. The number of nitrogens with zero attached hydrogens (tertiary/aromatic N) is 3. The Labute approximate surface area is 123 Å². The van der Waals surface area contributed by atoms with Crippen LogP contribution in [0.5, 0.6) is 6.01 Å². The van der Waals surface area contributed by atoms with Crippen molar-refractivity contribution in [2.75, 3.05) is 12.4 Å². The average Bonchev–Trinajstić information content (AvgIpc) is 2.52. The molecule has 0 saturated carbocycles. The monoisotopic (exact) mass is 288 g/mol. The molecule has 0 saturated heterocycles. The number of aromatic nitrogens is 3. The smallest absolute Gasteiger partial charge is 0.337 e. The Hall–Kier alpha value is -2.37. The highest BCUT2D eigenvalue weighted by Gasteiger charge is 2.12. The largest absolute Gasteiger partial charge is 0.462 e. The minimum atomic E-state index is -0.417. The summed E-state index contributed by atoms with van der Waals surface area (Å²) in [7, 11) is 0. The fourth-order valence-corrected chi connectivity index (χ4v) is 1.95. The average molecular weight is 288 g/mol. The van der Waals surface area contributed by atoms with Crippen molar-refractivity contribution in [3.63, 3.8) is 0 Å². The summed E-state index contributed by atoms with van der Waals surface area (Å²) in [5, 5.41) is 7.84. The highest BCUT2D eigenvalue weighted by atomic mass is 16.5. The Morgan fingerprint density at radius 1 is 1.14 bits per heavy atom. The molecule has 0 aliphatic rings. The third-order valence-electron chi connectivity index (χ3n) is 3.14. The van der Waals surface area contributed by atoms with Gasteiger partial charge in [-0.15, -0.1) is 5.10 Å². The molecule has 112 valence electrons. The summed E-state index contributed by atoms with van der Waals surface area (Å²) < 4.78 is 6.33. The van der Waals surface area contributed by atoms with Crippen molar-refractivity contribution >= 4 is 0 Å². The molecule has 1 heterocycles. The van der Waals surface area contributed by atoms with Gasteiger partial charge in [-0.25, -0.2) is 0 Å². The first-order valence-electron chi connectivity index (χ1n) is 7.17. The van der Waals surface area contributed by atoms with Gasteiger partial charge in [-0.05, 0) is 6.42 Å². The van der Waals surface area contributed by atoms with Crippen molar-refractivity contribution in [1.29, 1.82) is 0 Å². The number of benzene rings is 1. The Morgan fingerprint density at radius 3 is 2.62 bits per heavy atom. The van der Waals surface area contributed by atoms with Crippen LogP contribution in [0.2, 0.25) is 0 Å². The molecule has 0 atom stereocenters. The van der Waals surface area contributed by atoms with Gasteiger partial charge < -0.3 is 10.6 Å². The summed E-state index contributed by atoms with van der Waals surface area (Å²) in [5.41, 5.74) is 0.486. The molecule has 21 heavy (non-hydrogen) atoms. The van der Waals surface area contributed by atoms with Crippen molar-refractivity contribution in [2.24, 2.45) is 0 Å². The summed E-state index contributed by atoms with van der Waals surface area (Å²) in [6.45, 7) is 2.63. The number of nitrogen functional groups attached to an aromatic ring is 1. The lowest BCUT2D eigenvalue weighted by Gasteiger charge is -2.09. The molecular weight excluding hydrogens is 268 g/mol. The van der Waals surface area contributed by atoms with Crippen LogP contribution in [0.3, 0.4) is 0 Å². The van der Waals surface area contributed by atoms with E-state index in [2.05, 4.69) is 17.1 Å². The second-order valence-corrected chi connectivity index (χ2v) is 4.78. The molecule has 6 heteroatoms. The third kappa shape index (κ3) is 3.81. The molecule has 0 amide bonds. The van der Waals surface area contributed by atoms with Gasteiger partial charge in [0.15, 0.2) is 5.69 Å². The Bertz CT molecular complexity index is 625. The van der Waals surface area contributed by atoms with E-state index in [1.54, 1.807) is 12.1 Å². The zero-order valence-electron chi connectivity index (χ0n) is 12.2. The van der Waals surface area contributed by atoms with E-state index in [0.717, 1.165) is 30.4 Å². The molecule has 0 radical (unpaired) electrons. The topological polar surface area (TPSA) is 83.0 Å². The molecule has 1 aromatic heterocycles. The van der Waals surface area contributed by atoms with Crippen molar-refractivity contribution in [1.82, 2.24) is 14.9 Å². The second kappa shape index (κ2) is 7.42. The summed E-state index contributed by atoms with van der Waals surface area (Å²) in [6.07, 6.45) is 4.32. The first-order chi connectivity index (χ1) is 10.2. The maximum atomic E-state index is 12.2. The van der Waals surface area contributed by atoms with E-state index < -0.39 is 5.56 Å². The molecule has 0 fully saturated rings. The SMILES string of the molecule is CCCCCCOc1nnc(-c2ccccc2)c(=O)n1N. The fraction of sp³-hybridized carbons (Fsp3) is 0.400. The molecule has 1 aromatic carbocycles. The summed E-state index contributed by atoms with van der Waals surface area (Å²) in [6, 6.07) is 9.15. The molecule has 2 aromatic rings. The van der Waals surface area contributed by atoms with Gasteiger partial charge in [0.25, 0.3) is 0 Å². The van der Waals surface area contributed by atoms with E-state index in [0.29, 0.717) is 12.2 Å². The lowest BCUT2D eigenvalue weighted by molar-refractivity contribution is 0.266. The Balaban J connectivity index is 2.09. The molecular formula is C15H20N4O2. The molecule has 0 spiro atoms. The van der Waals surface area contributed by atoms with E-state index in [1.807, 2.05) is 18.2 Å². The zero-order chi connectivity index (χ0) is 15.1. The van der Waals surface area contributed by atoms with Gasteiger partial charge >= 0.3 is 11.6 Å². The number of hydrogen-bond donors (Lipinski definition) is 1. The molecule has 0 aliphatic heterocycles. The van der Waals surface area contributed by atoms with E-state index in [1.165, 1.54) is 0 Å². The predicted octanol–water partition coefficient (Wildman–Crippen LogP) is 1.98. The van der Waals surface area contributed by atoms with Crippen LogP contribution in [-0.2, 0) is 0 Å². The normalized spacial score (nSPS) is 10.5. The summed E-state index contributed by atoms with van der Waals surface area (Å²) in [4.78, 5) is 12.2. The minimum absolute atomic E-state index is 0.0520. The van der Waals surface area contributed by atoms with Crippen LogP contribution in [0.1, 0.15) is 32.6 Å². The molecule has 6 nitrogen and oxygen atoms in total. The minimum Gasteiger partial charge on any atom is -0.462 e. The van der Waals surface area contributed by atoms with Crippen LogP contribution in [0.15, 0.2) is 35.1 Å². The van der Waals surface area contributed by atoms with Crippen LogP contribution in [0.4, 0.5) is 0 Å². The van der Waals surface area contributed by atoms with Crippen LogP contribution in [0, 0.1) is 0 Å². The van der Waals surface area contributed by atoms with Gasteiger partial charge in [-0.1, -0.05) is 61.6 Å². The number of rotatable bonds is 7. The van der Waals surface area contributed by atoms with Crippen molar-refractivity contribution in [3.8, 4) is 17.3 Å². The zero-order valence-corrected chi connectivity index (χ0v) is 12.2. The van der Waals surface area contributed by atoms with Gasteiger partial charge in [0.2, 0.25) is 0 Å². The highest BCUT2D eigenvalue weighted by molar-refractivity contribution is 5.57. The first kappa shape index (κ1) is 15.0. The summed E-state index contributed by atoms with van der Waals surface area (Å²) in [5.74, 6) is 5.74. The lowest BCUT2D eigenvalue weighted by atomic mass is 10.2. The molecule has 0 bridgehead atoms. The Kier molecular flexibility index (Phi) is 5.31. The van der Waals surface area contributed by atoms with Gasteiger partial charge in [0, 0.05) is 5.56 Å². The van der Waals surface area contributed by atoms with E-state index in [4.69, 9.17) is 10.6 Å². The maximum absolute atomic E-state index is 12.2. The second-order valence-electron chi connectivity index (χ2n) is 4.78. The van der Waals surface area contributed by atoms with Gasteiger partial charge in [0.05, 0.1) is 6.61 Å². The first-order valence-corrected chi connectivity index (χ1v) is 7.17. The number of hydrogen-bond acceptors (Lipinski definition) is 5. The van der Waals surface area contributed by atoms with Crippen molar-refractivity contribution < 1.29 is 4.74 Å². The highest BCUT2D eigenvalue weighted by Crippen LogP contribution is 2.12. The van der Waals surface area contributed by atoms with Crippen molar-refractivity contribution in [3.05, 3.63) is 40.7 Å². The predicted molar refractivity (Wildman–Crippen MR) is 81.5 cm³/mol. The van der Waals surface area contributed by atoms with Gasteiger partial charge in [-0.2, -0.15) is 4.68 Å². The van der Waals surface area contributed by atoms with E-state index >= 15 is 0 Å². The number of nitrogens with two attached hydrogens (primary N) is 1. The van der Waals surface area contributed by atoms with Gasteiger partial charge in [-0.3, -0.25) is 4.79 Å². The number of ether oxygens (including phenoxy) is 1. The molecule has 0 unspecified atom stereocenters. The Morgan fingerprint density at radius 2 is 1.90 bits per heavy atom. The van der Waals surface area contributed by atoms with Crippen LogP contribution < -0.4 is 16.1 Å². The number of unbranched alkanes of at least 4 members (excludes halogenated alkanes) is 3. The third-order valence-corrected chi connectivity index (χ3v) is 3.14. The van der Waals surface area contributed by atoms with Crippen molar-refractivity contribution in [2.45, 2.75) is 32.6 Å². The standard InChI is InChI=1S/C15H20N4O2/c1-2-3-4-8-11-21-15-18-17-13(14(20)19(15)16)12-9-6-5-7-10-12/h5-7,9-10H,2-4,8,11,16H2,1H3. The lowest BCUT2D eigenvalue weighted by Crippen LogP contribution is -2.32. The quantitative estimate of drug-likeness (QED) is 0.622.